The SMILES string of the molecule is CCCNC1(CO)CCCC(N2CCCC2CN(C)C)C1. The van der Waals surface area contributed by atoms with Crippen LogP contribution in [0.25, 0.3) is 0 Å². The number of hydrogen-bond donors (Lipinski definition) is 2. The molecule has 1 aliphatic heterocycles. The normalized spacial score (nSPS) is 34.7. The summed E-state index contributed by atoms with van der Waals surface area (Å²) in [7, 11) is 4.36. The third-order valence-electron chi connectivity index (χ3n) is 5.34. The number of nitrogens with zero attached hydrogens (tertiary/aromatic N) is 2. The highest BCUT2D eigenvalue weighted by molar-refractivity contribution is 4.98. The highest BCUT2D eigenvalue weighted by Gasteiger charge is 2.40. The summed E-state index contributed by atoms with van der Waals surface area (Å²) in [5, 5.41) is 13.6. The van der Waals surface area contributed by atoms with Crippen molar-refractivity contribution in [3.8, 4) is 0 Å². The molecule has 2 fully saturated rings. The lowest BCUT2D eigenvalue weighted by Crippen LogP contribution is -2.57. The number of aliphatic hydroxyl groups is 1. The van der Waals surface area contributed by atoms with Crippen LogP contribution in [-0.2, 0) is 0 Å². The summed E-state index contributed by atoms with van der Waals surface area (Å²) in [6.45, 7) is 5.93. The van der Waals surface area contributed by atoms with Gasteiger partial charge in [0.05, 0.1) is 6.61 Å². The molecule has 2 aliphatic rings. The van der Waals surface area contributed by atoms with Gasteiger partial charge in [-0.3, -0.25) is 4.90 Å². The number of nitrogens with one attached hydrogen (secondary N) is 1. The molecule has 21 heavy (non-hydrogen) atoms. The van der Waals surface area contributed by atoms with Crippen LogP contribution in [0, 0.1) is 0 Å². The van der Waals surface area contributed by atoms with Crippen LogP contribution in [0.1, 0.15) is 51.9 Å². The summed E-state index contributed by atoms with van der Waals surface area (Å²) in [5.74, 6) is 0. The summed E-state index contributed by atoms with van der Waals surface area (Å²) in [5.41, 5.74) is -0.0236. The van der Waals surface area contributed by atoms with Gasteiger partial charge in [0.2, 0.25) is 0 Å². The van der Waals surface area contributed by atoms with E-state index < -0.39 is 0 Å². The van der Waals surface area contributed by atoms with Gasteiger partial charge in [-0.1, -0.05) is 6.92 Å². The lowest BCUT2D eigenvalue weighted by molar-refractivity contribution is 0.0488. The van der Waals surface area contributed by atoms with Crippen LogP contribution in [0.15, 0.2) is 0 Å². The number of aliphatic hydroxyl groups excluding tert-OH is 1. The van der Waals surface area contributed by atoms with Crippen LogP contribution in [0.5, 0.6) is 0 Å². The minimum absolute atomic E-state index is 0.0236. The van der Waals surface area contributed by atoms with E-state index in [1.54, 1.807) is 0 Å². The molecule has 1 aliphatic carbocycles. The zero-order chi connectivity index (χ0) is 15.3. The molecule has 0 aromatic carbocycles. The second kappa shape index (κ2) is 7.91. The predicted octanol–water partition coefficient (Wildman–Crippen LogP) is 1.69. The number of rotatable bonds is 7. The minimum Gasteiger partial charge on any atom is -0.394 e. The molecular weight excluding hydrogens is 262 g/mol. The van der Waals surface area contributed by atoms with Crippen LogP contribution < -0.4 is 5.32 Å². The maximum Gasteiger partial charge on any atom is 0.0613 e. The highest BCUT2D eigenvalue weighted by atomic mass is 16.3. The van der Waals surface area contributed by atoms with E-state index in [-0.39, 0.29) is 12.1 Å². The molecule has 2 rings (SSSR count). The Balaban J connectivity index is 1.98. The van der Waals surface area contributed by atoms with Gasteiger partial charge in [-0.05, 0) is 72.1 Å². The van der Waals surface area contributed by atoms with E-state index >= 15 is 0 Å². The van der Waals surface area contributed by atoms with Crippen molar-refractivity contribution in [3.05, 3.63) is 0 Å². The average molecular weight is 297 g/mol. The van der Waals surface area contributed by atoms with Gasteiger partial charge in [0, 0.05) is 24.2 Å². The van der Waals surface area contributed by atoms with E-state index in [1.165, 1.54) is 38.8 Å². The van der Waals surface area contributed by atoms with Crippen molar-refractivity contribution in [2.75, 3.05) is 40.3 Å². The smallest absolute Gasteiger partial charge is 0.0613 e. The summed E-state index contributed by atoms with van der Waals surface area (Å²) in [6, 6.07) is 1.37. The summed E-state index contributed by atoms with van der Waals surface area (Å²) >= 11 is 0. The van der Waals surface area contributed by atoms with Gasteiger partial charge >= 0.3 is 0 Å². The third-order valence-corrected chi connectivity index (χ3v) is 5.34. The lowest BCUT2D eigenvalue weighted by atomic mass is 9.78. The van der Waals surface area contributed by atoms with Crippen molar-refractivity contribution in [3.63, 3.8) is 0 Å². The van der Waals surface area contributed by atoms with E-state index in [9.17, 15) is 5.11 Å². The largest absolute Gasteiger partial charge is 0.394 e. The Morgan fingerprint density at radius 3 is 2.76 bits per heavy atom. The second-order valence-corrected chi connectivity index (χ2v) is 7.41. The van der Waals surface area contributed by atoms with Gasteiger partial charge in [0.1, 0.15) is 0 Å². The highest BCUT2D eigenvalue weighted by Crippen LogP contribution is 2.34. The second-order valence-electron chi connectivity index (χ2n) is 7.41. The molecule has 4 heteroatoms. The molecular formula is C17H35N3O. The zero-order valence-electron chi connectivity index (χ0n) is 14.3. The Morgan fingerprint density at radius 1 is 1.29 bits per heavy atom. The van der Waals surface area contributed by atoms with Crippen LogP contribution in [0.4, 0.5) is 0 Å². The maximum absolute atomic E-state index is 9.95. The molecule has 3 unspecified atom stereocenters. The first-order chi connectivity index (χ1) is 10.1. The molecule has 4 nitrogen and oxygen atoms in total. The van der Waals surface area contributed by atoms with Gasteiger partial charge in [0.25, 0.3) is 0 Å². The third kappa shape index (κ3) is 4.41. The van der Waals surface area contributed by atoms with Gasteiger partial charge in [-0.25, -0.2) is 0 Å². The Bertz CT molecular complexity index is 310. The lowest BCUT2D eigenvalue weighted by Gasteiger charge is -2.45. The van der Waals surface area contributed by atoms with Crippen molar-refractivity contribution < 1.29 is 5.11 Å². The molecule has 0 aromatic rings. The van der Waals surface area contributed by atoms with Gasteiger partial charge in [-0.15, -0.1) is 0 Å². The van der Waals surface area contributed by atoms with Crippen molar-refractivity contribution in [1.82, 2.24) is 15.1 Å². The molecule has 1 saturated heterocycles. The first-order valence-corrected chi connectivity index (χ1v) is 8.86. The van der Waals surface area contributed by atoms with Crippen molar-refractivity contribution in [1.29, 1.82) is 0 Å². The summed E-state index contributed by atoms with van der Waals surface area (Å²) in [4.78, 5) is 5.07. The van der Waals surface area contributed by atoms with E-state index in [4.69, 9.17) is 0 Å². The van der Waals surface area contributed by atoms with Gasteiger partial charge in [-0.2, -0.15) is 0 Å². The molecule has 1 heterocycles. The zero-order valence-corrected chi connectivity index (χ0v) is 14.3. The van der Waals surface area contributed by atoms with E-state index in [0.717, 1.165) is 25.8 Å². The molecule has 1 saturated carbocycles. The Labute approximate surface area is 130 Å². The van der Waals surface area contributed by atoms with Crippen LogP contribution in [0.3, 0.4) is 0 Å². The monoisotopic (exact) mass is 297 g/mol. The van der Waals surface area contributed by atoms with E-state index in [2.05, 4.69) is 36.1 Å². The van der Waals surface area contributed by atoms with E-state index in [1.807, 2.05) is 0 Å². The fraction of sp³-hybridized carbons (Fsp3) is 1.00. The van der Waals surface area contributed by atoms with Crippen molar-refractivity contribution >= 4 is 0 Å². The molecule has 0 radical (unpaired) electrons. The molecule has 2 N–H and O–H groups in total. The first-order valence-electron chi connectivity index (χ1n) is 8.86. The Morgan fingerprint density at radius 2 is 2.10 bits per heavy atom. The predicted molar refractivity (Wildman–Crippen MR) is 88.6 cm³/mol. The van der Waals surface area contributed by atoms with Crippen molar-refractivity contribution in [2.24, 2.45) is 0 Å². The molecule has 0 bridgehead atoms. The van der Waals surface area contributed by atoms with Crippen LogP contribution in [0.2, 0.25) is 0 Å². The van der Waals surface area contributed by atoms with Gasteiger partial charge in [0.15, 0.2) is 0 Å². The molecule has 124 valence electrons. The fourth-order valence-corrected chi connectivity index (χ4v) is 4.32. The summed E-state index contributed by atoms with van der Waals surface area (Å²) in [6.07, 6.45) is 8.61. The Hall–Kier alpha value is -0.160. The number of hydrogen-bond acceptors (Lipinski definition) is 4. The number of likely N-dealkylation sites (tertiary alicyclic amines) is 1. The standard InChI is InChI=1S/C17H35N3O/c1-4-10-18-17(14-21)9-5-7-15(12-17)20-11-6-8-16(20)13-19(2)3/h15-16,18,21H,4-14H2,1-3H3. The first kappa shape index (κ1) is 17.2. The quantitative estimate of drug-likeness (QED) is 0.750. The molecule has 0 aromatic heterocycles. The topological polar surface area (TPSA) is 38.7 Å². The minimum atomic E-state index is -0.0236. The summed E-state index contributed by atoms with van der Waals surface area (Å²) < 4.78 is 0. The fourth-order valence-electron chi connectivity index (χ4n) is 4.32. The van der Waals surface area contributed by atoms with Crippen LogP contribution in [-0.4, -0.2) is 72.9 Å². The van der Waals surface area contributed by atoms with E-state index in [0.29, 0.717) is 12.1 Å². The Kier molecular flexibility index (Phi) is 6.48. The molecule has 3 atom stereocenters. The molecule has 0 spiro atoms. The van der Waals surface area contributed by atoms with Gasteiger partial charge < -0.3 is 15.3 Å². The molecule has 0 amide bonds. The average Bonchev–Trinajstić information content (AvgIpc) is 2.93. The van der Waals surface area contributed by atoms with Crippen molar-refractivity contribution in [2.45, 2.75) is 69.5 Å². The van der Waals surface area contributed by atoms with Crippen LogP contribution >= 0.6 is 0 Å². The maximum atomic E-state index is 9.95. The number of likely N-dealkylation sites (N-methyl/N-ethyl adjacent to an activating group) is 1.